The Morgan fingerprint density at radius 1 is 0.969 bits per heavy atom. The number of aliphatic carboxylic acids is 1. The highest BCUT2D eigenvalue weighted by atomic mass is 16.5. The SMILES string of the molecule is O=C(O)C[C@H](O)[C@H](CC1CCCCC1)NC(=O)OCC1c2ccccc2-c2ccccc21. The molecule has 2 aromatic carbocycles. The van der Waals surface area contributed by atoms with Gasteiger partial charge in [-0.3, -0.25) is 4.79 Å². The van der Waals surface area contributed by atoms with Gasteiger partial charge in [0.2, 0.25) is 0 Å². The molecule has 0 aliphatic heterocycles. The second kappa shape index (κ2) is 10.2. The first-order valence-corrected chi connectivity index (χ1v) is 11.5. The van der Waals surface area contributed by atoms with Gasteiger partial charge in [0, 0.05) is 5.92 Å². The fraction of sp³-hybridized carbons (Fsp3) is 0.462. The summed E-state index contributed by atoms with van der Waals surface area (Å²) in [5.74, 6) is -0.750. The Labute approximate surface area is 188 Å². The quantitative estimate of drug-likeness (QED) is 0.556. The highest BCUT2D eigenvalue weighted by molar-refractivity contribution is 5.79. The number of amides is 1. The minimum absolute atomic E-state index is 0.0473. The van der Waals surface area contributed by atoms with Crippen molar-refractivity contribution in [3.63, 3.8) is 0 Å². The predicted molar refractivity (Wildman–Crippen MR) is 121 cm³/mol. The van der Waals surface area contributed by atoms with Crippen LogP contribution in [-0.2, 0) is 9.53 Å². The maximum absolute atomic E-state index is 12.7. The number of aliphatic hydroxyl groups excluding tert-OH is 1. The number of ether oxygens (including phenoxy) is 1. The second-order valence-electron chi connectivity index (χ2n) is 8.98. The Morgan fingerprint density at radius 3 is 2.16 bits per heavy atom. The van der Waals surface area contributed by atoms with Crippen LogP contribution in [0.4, 0.5) is 4.79 Å². The lowest BCUT2D eigenvalue weighted by Gasteiger charge is -2.29. The third-order valence-electron chi connectivity index (χ3n) is 6.81. The van der Waals surface area contributed by atoms with Crippen molar-refractivity contribution < 1.29 is 24.5 Å². The standard InChI is InChI=1S/C26H31NO5/c28-24(15-25(29)30)23(14-17-8-2-1-3-9-17)27-26(31)32-16-22-20-12-6-4-10-18(20)19-11-5-7-13-21(19)22/h4-7,10-13,17,22-24,28H,1-3,8-9,14-16H2,(H,27,31)(H,29,30)/t23-,24-/m0/s1. The van der Waals surface area contributed by atoms with Crippen LogP contribution in [0.5, 0.6) is 0 Å². The molecule has 3 N–H and O–H groups in total. The zero-order valence-corrected chi connectivity index (χ0v) is 18.2. The lowest BCUT2D eigenvalue weighted by Crippen LogP contribution is -2.46. The number of carbonyl (C=O) groups is 2. The summed E-state index contributed by atoms with van der Waals surface area (Å²) in [4.78, 5) is 23.8. The summed E-state index contributed by atoms with van der Waals surface area (Å²) in [5, 5.41) is 22.3. The molecule has 0 aromatic heterocycles. The summed E-state index contributed by atoms with van der Waals surface area (Å²) in [6.07, 6.45) is 3.98. The number of nitrogens with one attached hydrogen (secondary N) is 1. The molecule has 2 aliphatic carbocycles. The monoisotopic (exact) mass is 437 g/mol. The van der Waals surface area contributed by atoms with E-state index in [4.69, 9.17) is 9.84 Å². The van der Waals surface area contributed by atoms with Gasteiger partial charge in [-0.2, -0.15) is 0 Å². The van der Waals surface area contributed by atoms with Crippen LogP contribution in [0, 0.1) is 5.92 Å². The number of fused-ring (bicyclic) bond motifs is 3. The largest absolute Gasteiger partial charge is 0.481 e. The van der Waals surface area contributed by atoms with Gasteiger partial charge < -0.3 is 20.3 Å². The van der Waals surface area contributed by atoms with Crippen molar-refractivity contribution in [3.05, 3.63) is 59.7 Å². The molecule has 0 heterocycles. The highest BCUT2D eigenvalue weighted by Crippen LogP contribution is 2.44. The number of alkyl carbamates (subject to hydrolysis) is 1. The molecule has 1 fully saturated rings. The summed E-state index contributed by atoms with van der Waals surface area (Å²) in [6, 6.07) is 15.6. The minimum atomic E-state index is -1.14. The molecule has 2 aromatic rings. The van der Waals surface area contributed by atoms with E-state index < -0.39 is 30.6 Å². The second-order valence-corrected chi connectivity index (χ2v) is 8.98. The number of carboxylic acids is 1. The Bertz CT molecular complexity index is 907. The average molecular weight is 438 g/mol. The van der Waals surface area contributed by atoms with Crippen LogP contribution in [0.3, 0.4) is 0 Å². The number of benzene rings is 2. The summed E-state index contributed by atoms with van der Waals surface area (Å²) in [5.41, 5.74) is 4.57. The fourth-order valence-electron chi connectivity index (χ4n) is 5.21. The first-order chi connectivity index (χ1) is 15.5. The zero-order valence-electron chi connectivity index (χ0n) is 18.2. The van der Waals surface area contributed by atoms with Gasteiger partial charge in [-0.25, -0.2) is 4.79 Å². The topological polar surface area (TPSA) is 95.9 Å². The van der Waals surface area contributed by atoms with Crippen LogP contribution in [0.25, 0.3) is 11.1 Å². The molecular formula is C26H31NO5. The molecule has 4 rings (SSSR count). The summed E-state index contributed by atoms with van der Waals surface area (Å²) in [6.45, 7) is 0.186. The van der Waals surface area contributed by atoms with Crippen molar-refractivity contribution >= 4 is 12.1 Å². The van der Waals surface area contributed by atoms with Gasteiger partial charge in [-0.15, -0.1) is 0 Å². The van der Waals surface area contributed by atoms with Crippen molar-refractivity contribution in [2.45, 2.75) is 63.0 Å². The minimum Gasteiger partial charge on any atom is -0.481 e. The van der Waals surface area contributed by atoms with Crippen LogP contribution in [0.1, 0.15) is 62.0 Å². The van der Waals surface area contributed by atoms with Gasteiger partial charge in [-0.05, 0) is 34.6 Å². The predicted octanol–water partition coefficient (Wildman–Crippen LogP) is 4.70. The molecule has 0 spiro atoms. The molecule has 2 atom stereocenters. The van der Waals surface area contributed by atoms with E-state index in [1.54, 1.807) is 0 Å². The third kappa shape index (κ3) is 5.13. The number of aliphatic hydroxyl groups is 1. The Hall–Kier alpha value is -2.86. The van der Waals surface area contributed by atoms with E-state index >= 15 is 0 Å². The van der Waals surface area contributed by atoms with Crippen molar-refractivity contribution in [3.8, 4) is 11.1 Å². The third-order valence-corrected chi connectivity index (χ3v) is 6.81. The first kappa shape index (κ1) is 22.3. The maximum atomic E-state index is 12.7. The van der Waals surface area contributed by atoms with E-state index in [0.29, 0.717) is 12.3 Å². The van der Waals surface area contributed by atoms with Gasteiger partial charge >= 0.3 is 12.1 Å². The molecule has 170 valence electrons. The van der Waals surface area contributed by atoms with E-state index in [2.05, 4.69) is 29.6 Å². The zero-order chi connectivity index (χ0) is 22.5. The van der Waals surface area contributed by atoms with Gasteiger partial charge in [0.15, 0.2) is 0 Å². The van der Waals surface area contributed by atoms with E-state index in [9.17, 15) is 14.7 Å². The first-order valence-electron chi connectivity index (χ1n) is 11.5. The highest BCUT2D eigenvalue weighted by Gasteiger charge is 2.31. The number of carboxylic acid groups (broad SMARTS) is 1. The molecule has 0 radical (unpaired) electrons. The number of hydrogen-bond donors (Lipinski definition) is 3. The molecule has 6 nitrogen and oxygen atoms in total. The normalized spacial score (nSPS) is 17.8. The molecule has 1 amide bonds. The van der Waals surface area contributed by atoms with Crippen LogP contribution in [0.2, 0.25) is 0 Å². The lowest BCUT2D eigenvalue weighted by molar-refractivity contribution is -0.139. The lowest BCUT2D eigenvalue weighted by atomic mass is 9.83. The molecule has 6 heteroatoms. The van der Waals surface area contributed by atoms with Crippen molar-refractivity contribution in [2.75, 3.05) is 6.61 Å². The number of rotatable bonds is 8. The molecule has 0 unspecified atom stereocenters. The number of carbonyl (C=O) groups excluding carboxylic acids is 1. The summed E-state index contributed by atoms with van der Waals surface area (Å²) < 4.78 is 5.61. The van der Waals surface area contributed by atoms with Gasteiger partial charge in [0.25, 0.3) is 0 Å². The van der Waals surface area contributed by atoms with E-state index in [1.807, 2.05) is 24.3 Å². The molecular weight excluding hydrogens is 406 g/mol. The van der Waals surface area contributed by atoms with Gasteiger partial charge in [-0.1, -0.05) is 80.6 Å². The van der Waals surface area contributed by atoms with E-state index in [0.717, 1.165) is 47.9 Å². The summed E-state index contributed by atoms with van der Waals surface area (Å²) >= 11 is 0. The van der Waals surface area contributed by atoms with Crippen LogP contribution in [-0.4, -0.2) is 41.0 Å². The molecule has 32 heavy (non-hydrogen) atoms. The number of hydrogen-bond acceptors (Lipinski definition) is 4. The Kier molecular flexibility index (Phi) is 7.10. The Morgan fingerprint density at radius 2 is 1.56 bits per heavy atom. The molecule has 2 aliphatic rings. The van der Waals surface area contributed by atoms with Crippen molar-refractivity contribution in [1.29, 1.82) is 0 Å². The molecule has 1 saturated carbocycles. The van der Waals surface area contributed by atoms with Crippen LogP contribution in [0.15, 0.2) is 48.5 Å². The van der Waals surface area contributed by atoms with Gasteiger partial charge in [0.1, 0.15) is 6.61 Å². The Balaban J connectivity index is 1.41. The fourth-order valence-corrected chi connectivity index (χ4v) is 5.21. The van der Waals surface area contributed by atoms with Crippen molar-refractivity contribution in [1.82, 2.24) is 5.32 Å². The van der Waals surface area contributed by atoms with Crippen molar-refractivity contribution in [2.24, 2.45) is 5.92 Å². The maximum Gasteiger partial charge on any atom is 0.407 e. The smallest absolute Gasteiger partial charge is 0.407 e. The molecule has 0 bridgehead atoms. The van der Waals surface area contributed by atoms with Crippen LogP contribution >= 0.6 is 0 Å². The molecule has 0 saturated heterocycles. The van der Waals surface area contributed by atoms with Gasteiger partial charge in [0.05, 0.1) is 18.6 Å². The van der Waals surface area contributed by atoms with E-state index in [1.165, 1.54) is 6.42 Å². The average Bonchev–Trinajstić information content (AvgIpc) is 3.11. The van der Waals surface area contributed by atoms with Crippen LogP contribution < -0.4 is 5.32 Å². The van der Waals surface area contributed by atoms with E-state index in [-0.39, 0.29) is 12.5 Å². The summed E-state index contributed by atoms with van der Waals surface area (Å²) in [7, 11) is 0.